The molecule has 0 aromatic heterocycles. The maximum Gasteiger partial charge on any atom is 0.264 e. The maximum atomic E-state index is 13.5. The molecule has 0 saturated heterocycles. The summed E-state index contributed by atoms with van der Waals surface area (Å²) >= 11 is 11.8. The molecule has 0 heterocycles. The van der Waals surface area contributed by atoms with Gasteiger partial charge in [0, 0.05) is 10.0 Å². The first kappa shape index (κ1) is 25.6. The molecule has 0 fully saturated rings. The minimum absolute atomic E-state index is 0.0168. The number of hydrazone groups is 1. The van der Waals surface area contributed by atoms with Crippen molar-refractivity contribution < 1.29 is 17.9 Å². The normalized spacial score (nSPS) is 11.7. The Morgan fingerprint density at radius 1 is 0.971 bits per heavy atom. The van der Waals surface area contributed by atoms with Gasteiger partial charge in [0.15, 0.2) is 0 Å². The largest absolute Gasteiger partial charge is 0.492 e. The summed E-state index contributed by atoms with van der Waals surface area (Å²) in [7, 11) is -4.13. The molecule has 3 aromatic carbocycles. The van der Waals surface area contributed by atoms with Gasteiger partial charge in [0.2, 0.25) is 0 Å². The van der Waals surface area contributed by atoms with Crippen molar-refractivity contribution in [1.82, 2.24) is 5.43 Å². The Kier molecular flexibility index (Phi) is 8.55. The summed E-state index contributed by atoms with van der Waals surface area (Å²) in [4.78, 5) is 12.8. The SMILES string of the molecule is CCOc1ccccc1N(CC(=O)N/N=C(/C)c1ccc(Cl)cc1)S(=O)(=O)c1ccc(Cl)cc1. The number of carbonyl (C=O) groups is 1. The molecule has 0 unspecified atom stereocenters. The molecule has 34 heavy (non-hydrogen) atoms. The van der Waals surface area contributed by atoms with Gasteiger partial charge in [0.25, 0.3) is 15.9 Å². The van der Waals surface area contributed by atoms with Gasteiger partial charge in [0.05, 0.1) is 22.9 Å². The average Bonchev–Trinajstić information content (AvgIpc) is 2.82. The lowest BCUT2D eigenvalue weighted by atomic mass is 10.1. The summed E-state index contributed by atoms with van der Waals surface area (Å²) in [6, 6.07) is 19.3. The molecule has 3 rings (SSSR count). The summed E-state index contributed by atoms with van der Waals surface area (Å²) in [6.07, 6.45) is 0. The zero-order valence-electron chi connectivity index (χ0n) is 18.5. The summed E-state index contributed by atoms with van der Waals surface area (Å²) in [5.41, 5.74) is 3.95. The van der Waals surface area contributed by atoms with E-state index in [4.69, 9.17) is 27.9 Å². The van der Waals surface area contributed by atoms with Crippen LogP contribution in [0.5, 0.6) is 5.75 Å². The molecule has 0 spiro atoms. The first-order valence-corrected chi connectivity index (χ1v) is 12.5. The molecule has 0 aliphatic rings. The molecule has 178 valence electrons. The first-order chi connectivity index (χ1) is 16.2. The van der Waals surface area contributed by atoms with Gasteiger partial charge in [-0.15, -0.1) is 0 Å². The molecule has 7 nitrogen and oxygen atoms in total. The van der Waals surface area contributed by atoms with Crippen molar-refractivity contribution in [3.8, 4) is 5.75 Å². The van der Waals surface area contributed by atoms with E-state index >= 15 is 0 Å². The van der Waals surface area contributed by atoms with E-state index < -0.39 is 22.5 Å². The monoisotopic (exact) mass is 519 g/mol. The maximum absolute atomic E-state index is 13.5. The average molecular weight is 520 g/mol. The number of sulfonamides is 1. The topological polar surface area (TPSA) is 88.1 Å². The Morgan fingerprint density at radius 3 is 2.18 bits per heavy atom. The van der Waals surface area contributed by atoms with Gasteiger partial charge in [-0.05, 0) is 67.9 Å². The number of hydrogen-bond acceptors (Lipinski definition) is 5. The van der Waals surface area contributed by atoms with Crippen molar-refractivity contribution in [2.45, 2.75) is 18.7 Å². The number of nitrogens with one attached hydrogen (secondary N) is 1. The number of ether oxygens (including phenoxy) is 1. The van der Waals surface area contributed by atoms with Crippen LogP contribution in [0.15, 0.2) is 82.8 Å². The zero-order chi connectivity index (χ0) is 24.7. The van der Waals surface area contributed by atoms with Crippen LogP contribution >= 0.6 is 23.2 Å². The molecule has 10 heteroatoms. The van der Waals surface area contributed by atoms with E-state index in [0.717, 1.165) is 9.87 Å². The highest BCUT2D eigenvalue weighted by Gasteiger charge is 2.29. The van der Waals surface area contributed by atoms with Crippen LogP contribution < -0.4 is 14.5 Å². The quantitative estimate of drug-likeness (QED) is 0.313. The number of para-hydroxylation sites is 2. The number of anilines is 1. The van der Waals surface area contributed by atoms with Crippen LogP contribution in [0.4, 0.5) is 5.69 Å². The zero-order valence-corrected chi connectivity index (χ0v) is 20.9. The van der Waals surface area contributed by atoms with Crippen molar-refractivity contribution >= 4 is 50.5 Å². The molecule has 1 N–H and O–H groups in total. The molecule has 1 amide bonds. The molecule has 0 aliphatic carbocycles. The summed E-state index contributed by atoms with van der Waals surface area (Å²) in [5, 5.41) is 5.07. The molecular weight excluding hydrogens is 497 g/mol. The molecule has 0 saturated carbocycles. The lowest BCUT2D eigenvalue weighted by Gasteiger charge is -2.25. The first-order valence-electron chi connectivity index (χ1n) is 10.3. The molecule has 3 aromatic rings. The van der Waals surface area contributed by atoms with Crippen LogP contribution in [0.25, 0.3) is 0 Å². The number of hydrogen-bond donors (Lipinski definition) is 1. The van der Waals surface area contributed by atoms with Crippen LogP contribution in [-0.2, 0) is 14.8 Å². The highest BCUT2D eigenvalue weighted by molar-refractivity contribution is 7.92. The lowest BCUT2D eigenvalue weighted by molar-refractivity contribution is -0.119. The molecule has 0 bridgehead atoms. The van der Waals surface area contributed by atoms with Gasteiger partial charge in [0.1, 0.15) is 12.3 Å². The molecule has 0 aliphatic heterocycles. The third-order valence-electron chi connectivity index (χ3n) is 4.73. The number of halogens is 2. The Hall–Kier alpha value is -3.07. The highest BCUT2D eigenvalue weighted by atomic mass is 35.5. The van der Waals surface area contributed by atoms with Gasteiger partial charge < -0.3 is 4.74 Å². The standard InChI is InChI=1S/C24H23Cl2N3O4S/c1-3-33-23-7-5-4-6-22(23)29(34(31,32)21-14-12-20(26)13-15-21)16-24(30)28-27-17(2)18-8-10-19(25)11-9-18/h4-15H,3,16H2,1-2H3,(H,28,30)/b27-17-. The Morgan fingerprint density at radius 2 is 1.56 bits per heavy atom. The van der Waals surface area contributed by atoms with Crippen molar-refractivity contribution in [1.29, 1.82) is 0 Å². The van der Waals surface area contributed by atoms with Gasteiger partial charge in [-0.25, -0.2) is 13.8 Å². The Bertz CT molecular complexity index is 1280. The van der Waals surface area contributed by atoms with Crippen LogP contribution in [0, 0.1) is 0 Å². The van der Waals surface area contributed by atoms with E-state index in [1.165, 1.54) is 24.3 Å². The van der Waals surface area contributed by atoms with Crippen molar-refractivity contribution in [3.63, 3.8) is 0 Å². The molecule has 0 radical (unpaired) electrons. The molecule has 0 atom stereocenters. The predicted octanol–water partition coefficient (Wildman–Crippen LogP) is 5.13. The Labute approximate surface area is 209 Å². The number of amides is 1. The van der Waals surface area contributed by atoms with E-state index in [1.54, 1.807) is 62.4 Å². The smallest absolute Gasteiger partial charge is 0.264 e. The second-order valence-corrected chi connectivity index (χ2v) is 9.84. The molecular formula is C24H23Cl2N3O4S. The second-order valence-electron chi connectivity index (χ2n) is 7.11. The van der Waals surface area contributed by atoms with Gasteiger partial charge in [-0.1, -0.05) is 47.5 Å². The minimum atomic E-state index is -4.13. The fraction of sp³-hybridized carbons (Fsp3) is 0.167. The highest BCUT2D eigenvalue weighted by Crippen LogP contribution is 2.32. The van der Waals surface area contributed by atoms with Crippen LogP contribution in [0.1, 0.15) is 19.4 Å². The van der Waals surface area contributed by atoms with Crippen molar-refractivity contribution in [3.05, 3.63) is 88.4 Å². The number of benzene rings is 3. The van der Waals surface area contributed by atoms with Crippen LogP contribution in [0.2, 0.25) is 10.0 Å². The van der Waals surface area contributed by atoms with E-state index in [0.29, 0.717) is 28.1 Å². The fourth-order valence-electron chi connectivity index (χ4n) is 3.04. The van der Waals surface area contributed by atoms with E-state index in [-0.39, 0.29) is 10.6 Å². The van der Waals surface area contributed by atoms with E-state index in [9.17, 15) is 13.2 Å². The summed E-state index contributed by atoms with van der Waals surface area (Å²) < 4.78 is 33.7. The van der Waals surface area contributed by atoms with Gasteiger partial charge in [-0.3, -0.25) is 9.10 Å². The third kappa shape index (κ3) is 6.28. The van der Waals surface area contributed by atoms with Crippen molar-refractivity contribution in [2.75, 3.05) is 17.5 Å². The van der Waals surface area contributed by atoms with Crippen molar-refractivity contribution in [2.24, 2.45) is 5.10 Å². The Balaban J connectivity index is 1.92. The third-order valence-corrected chi connectivity index (χ3v) is 7.01. The van der Waals surface area contributed by atoms with Gasteiger partial charge >= 0.3 is 0 Å². The predicted molar refractivity (Wildman–Crippen MR) is 135 cm³/mol. The number of nitrogens with zero attached hydrogens (tertiary/aromatic N) is 2. The lowest BCUT2D eigenvalue weighted by Crippen LogP contribution is -2.40. The second kappa shape index (κ2) is 11.4. The number of rotatable bonds is 9. The van der Waals surface area contributed by atoms with Crippen LogP contribution in [0.3, 0.4) is 0 Å². The fourth-order valence-corrected chi connectivity index (χ4v) is 4.73. The number of carbonyl (C=O) groups excluding carboxylic acids is 1. The summed E-state index contributed by atoms with van der Waals surface area (Å²) in [5.74, 6) is -0.298. The minimum Gasteiger partial charge on any atom is -0.492 e. The van der Waals surface area contributed by atoms with E-state index in [1.807, 2.05) is 0 Å². The van der Waals surface area contributed by atoms with E-state index in [2.05, 4.69) is 10.5 Å². The summed E-state index contributed by atoms with van der Waals surface area (Å²) in [6.45, 7) is 3.31. The van der Waals surface area contributed by atoms with Crippen LogP contribution in [-0.4, -0.2) is 33.2 Å². The van der Waals surface area contributed by atoms with Gasteiger partial charge in [-0.2, -0.15) is 5.10 Å².